The molecule has 1 rings (SSSR count). The Morgan fingerprint density at radius 1 is 0.833 bits per heavy atom. The van der Waals surface area contributed by atoms with E-state index in [1.807, 2.05) is 0 Å². The molecule has 4 nitrogen and oxygen atoms in total. The summed E-state index contributed by atoms with van der Waals surface area (Å²) in [5, 5.41) is 0. The fourth-order valence-corrected chi connectivity index (χ4v) is 3.02. The lowest BCUT2D eigenvalue weighted by Gasteiger charge is -2.20. The van der Waals surface area contributed by atoms with Crippen molar-refractivity contribution in [3.05, 3.63) is 12.2 Å². The van der Waals surface area contributed by atoms with Crippen LogP contribution in [0.2, 0.25) is 0 Å². The third-order valence-electron chi connectivity index (χ3n) is 4.53. The molecule has 24 heavy (non-hydrogen) atoms. The fraction of sp³-hybridized carbons (Fsp3) is 0.800. The van der Waals surface area contributed by atoms with Gasteiger partial charge in [-0.2, -0.15) is 0 Å². The average Bonchev–Trinajstić information content (AvgIpc) is 2.61. The van der Waals surface area contributed by atoms with Gasteiger partial charge in [-0.15, -0.1) is 0 Å². The Morgan fingerprint density at radius 2 is 1.42 bits per heavy atom. The van der Waals surface area contributed by atoms with Crippen molar-refractivity contribution in [2.24, 2.45) is 5.92 Å². The van der Waals surface area contributed by atoms with Crippen molar-refractivity contribution in [3.63, 3.8) is 0 Å². The molecule has 1 fully saturated rings. The summed E-state index contributed by atoms with van der Waals surface area (Å²) in [6.45, 7) is 3.10. The molecule has 0 aromatic carbocycles. The van der Waals surface area contributed by atoms with Crippen molar-refractivity contribution in [2.75, 3.05) is 13.2 Å². The molecule has 0 unspecified atom stereocenters. The Bertz CT molecular complexity index is 370. The van der Waals surface area contributed by atoms with E-state index in [4.69, 9.17) is 9.47 Å². The topological polar surface area (TPSA) is 52.6 Å². The van der Waals surface area contributed by atoms with Crippen LogP contribution in [-0.4, -0.2) is 25.2 Å². The minimum Gasteiger partial charge on any atom is -0.463 e. The van der Waals surface area contributed by atoms with Crippen molar-refractivity contribution in [2.45, 2.75) is 84.0 Å². The molecular formula is C20H34O4. The van der Waals surface area contributed by atoms with Crippen LogP contribution in [0.4, 0.5) is 0 Å². The van der Waals surface area contributed by atoms with Gasteiger partial charge in [-0.3, -0.25) is 0 Å². The van der Waals surface area contributed by atoms with Crippen LogP contribution in [0.3, 0.4) is 0 Å². The quantitative estimate of drug-likeness (QED) is 0.287. The number of esters is 2. The predicted octanol–water partition coefficient (Wildman–Crippen LogP) is 4.96. The van der Waals surface area contributed by atoms with Gasteiger partial charge in [0.1, 0.15) is 0 Å². The Kier molecular flexibility index (Phi) is 12.1. The average molecular weight is 338 g/mol. The standard InChI is InChI=1S/C20H34O4/c1-2-3-4-5-6-7-11-16-23-19(21)14-15-20(22)24-17-18-12-9-8-10-13-18/h14-15,18H,2-13,16-17H2,1H3/b15-14+. The summed E-state index contributed by atoms with van der Waals surface area (Å²) in [6, 6.07) is 0. The van der Waals surface area contributed by atoms with E-state index in [-0.39, 0.29) is 0 Å². The molecule has 0 atom stereocenters. The summed E-state index contributed by atoms with van der Waals surface area (Å²) in [7, 11) is 0. The normalized spacial score (nSPS) is 15.5. The Morgan fingerprint density at radius 3 is 2.08 bits per heavy atom. The summed E-state index contributed by atoms with van der Waals surface area (Å²) in [5.74, 6) is -0.426. The highest BCUT2D eigenvalue weighted by molar-refractivity contribution is 5.91. The smallest absolute Gasteiger partial charge is 0.331 e. The van der Waals surface area contributed by atoms with Crippen LogP contribution in [0.25, 0.3) is 0 Å². The van der Waals surface area contributed by atoms with E-state index in [2.05, 4.69) is 6.92 Å². The van der Waals surface area contributed by atoms with E-state index < -0.39 is 11.9 Å². The van der Waals surface area contributed by atoms with Crippen LogP contribution in [0.15, 0.2) is 12.2 Å². The number of rotatable bonds is 12. The van der Waals surface area contributed by atoms with Crippen molar-refractivity contribution in [3.8, 4) is 0 Å². The fourth-order valence-electron chi connectivity index (χ4n) is 3.02. The van der Waals surface area contributed by atoms with Crippen LogP contribution in [0.5, 0.6) is 0 Å². The van der Waals surface area contributed by atoms with Gasteiger partial charge in [0.15, 0.2) is 0 Å². The number of carbonyl (C=O) groups is 2. The monoisotopic (exact) mass is 338 g/mol. The highest BCUT2D eigenvalue weighted by Gasteiger charge is 2.14. The molecule has 4 heteroatoms. The molecule has 1 saturated carbocycles. The lowest BCUT2D eigenvalue weighted by Crippen LogP contribution is -2.15. The van der Waals surface area contributed by atoms with Crippen LogP contribution < -0.4 is 0 Å². The first-order valence-electron chi connectivity index (χ1n) is 9.74. The zero-order valence-corrected chi connectivity index (χ0v) is 15.3. The summed E-state index contributed by atoms with van der Waals surface area (Å²) in [4.78, 5) is 23.1. The SMILES string of the molecule is CCCCCCCCCOC(=O)/C=C/C(=O)OCC1CCCCC1. The van der Waals surface area contributed by atoms with Gasteiger partial charge < -0.3 is 9.47 Å². The molecule has 0 amide bonds. The lowest BCUT2D eigenvalue weighted by molar-refractivity contribution is -0.141. The number of carbonyl (C=O) groups excluding carboxylic acids is 2. The van der Waals surface area contributed by atoms with Crippen molar-refractivity contribution in [1.29, 1.82) is 0 Å². The second-order valence-electron chi connectivity index (χ2n) is 6.76. The second-order valence-corrected chi connectivity index (χ2v) is 6.76. The molecule has 0 aromatic rings. The number of hydrogen-bond acceptors (Lipinski definition) is 4. The van der Waals surface area contributed by atoms with E-state index in [0.29, 0.717) is 19.1 Å². The zero-order valence-electron chi connectivity index (χ0n) is 15.3. The third kappa shape index (κ3) is 11.3. The number of unbranched alkanes of at least 4 members (excludes halogenated alkanes) is 6. The van der Waals surface area contributed by atoms with Gasteiger partial charge in [0.05, 0.1) is 13.2 Å². The van der Waals surface area contributed by atoms with Crippen LogP contribution >= 0.6 is 0 Å². The number of hydrogen-bond donors (Lipinski definition) is 0. The summed E-state index contributed by atoms with van der Waals surface area (Å²) >= 11 is 0. The molecule has 0 bridgehead atoms. The molecule has 0 aromatic heterocycles. The lowest BCUT2D eigenvalue weighted by atomic mass is 9.90. The van der Waals surface area contributed by atoms with E-state index in [1.54, 1.807) is 0 Å². The number of ether oxygens (including phenoxy) is 2. The second kappa shape index (κ2) is 14.1. The molecule has 0 heterocycles. The first-order valence-corrected chi connectivity index (χ1v) is 9.74. The van der Waals surface area contributed by atoms with Crippen LogP contribution in [-0.2, 0) is 19.1 Å². The van der Waals surface area contributed by atoms with Gasteiger partial charge in [-0.05, 0) is 25.2 Å². The molecule has 1 aliphatic carbocycles. The highest BCUT2D eigenvalue weighted by Crippen LogP contribution is 2.23. The Hall–Kier alpha value is -1.32. The van der Waals surface area contributed by atoms with E-state index >= 15 is 0 Å². The summed E-state index contributed by atoms with van der Waals surface area (Å²) in [6.07, 6.45) is 16.6. The molecule has 0 spiro atoms. The van der Waals surface area contributed by atoms with E-state index in [1.165, 1.54) is 63.5 Å². The zero-order chi connectivity index (χ0) is 17.5. The molecule has 0 aliphatic heterocycles. The van der Waals surface area contributed by atoms with E-state index in [9.17, 15) is 9.59 Å². The van der Waals surface area contributed by atoms with Gasteiger partial charge in [0.2, 0.25) is 0 Å². The minimum absolute atomic E-state index is 0.425. The molecular weight excluding hydrogens is 304 g/mol. The maximum Gasteiger partial charge on any atom is 0.331 e. The van der Waals surface area contributed by atoms with Crippen LogP contribution in [0.1, 0.15) is 84.0 Å². The molecule has 0 saturated heterocycles. The molecule has 1 aliphatic rings. The van der Waals surface area contributed by atoms with Gasteiger partial charge in [-0.1, -0.05) is 64.7 Å². The van der Waals surface area contributed by atoms with Gasteiger partial charge in [0.25, 0.3) is 0 Å². The first-order chi connectivity index (χ1) is 11.7. The van der Waals surface area contributed by atoms with Crippen molar-refractivity contribution in [1.82, 2.24) is 0 Å². The Balaban J connectivity index is 1.98. The maximum absolute atomic E-state index is 11.6. The van der Waals surface area contributed by atoms with Gasteiger partial charge in [-0.25, -0.2) is 9.59 Å². The molecule has 0 N–H and O–H groups in total. The predicted molar refractivity (Wildman–Crippen MR) is 95.6 cm³/mol. The summed E-state index contributed by atoms with van der Waals surface area (Å²) in [5.41, 5.74) is 0. The summed E-state index contributed by atoms with van der Waals surface area (Å²) < 4.78 is 10.3. The maximum atomic E-state index is 11.6. The third-order valence-corrected chi connectivity index (χ3v) is 4.53. The van der Waals surface area contributed by atoms with Gasteiger partial charge >= 0.3 is 11.9 Å². The highest BCUT2D eigenvalue weighted by atomic mass is 16.5. The molecule has 138 valence electrons. The van der Waals surface area contributed by atoms with E-state index in [0.717, 1.165) is 25.7 Å². The van der Waals surface area contributed by atoms with Gasteiger partial charge in [0, 0.05) is 12.2 Å². The largest absolute Gasteiger partial charge is 0.463 e. The minimum atomic E-state index is -0.462. The van der Waals surface area contributed by atoms with Crippen LogP contribution in [0, 0.1) is 5.92 Å². The van der Waals surface area contributed by atoms with Crippen molar-refractivity contribution < 1.29 is 19.1 Å². The van der Waals surface area contributed by atoms with Crippen molar-refractivity contribution >= 4 is 11.9 Å². The first kappa shape index (κ1) is 20.7. The Labute approximate surface area is 147 Å². The molecule has 0 radical (unpaired) electrons.